The minimum atomic E-state index is 0.508. The van der Waals surface area contributed by atoms with E-state index in [-0.39, 0.29) is 0 Å². The van der Waals surface area contributed by atoms with Gasteiger partial charge >= 0.3 is 0 Å². The summed E-state index contributed by atoms with van der Waals surface area (Å²) in [6, 6.07) is 10.7. The van der Waals surface area contributed by atoms with Gasteiger partial charge in [0.1, 0.15) is 12.6 Å². The summed E-state index contributed by atoms with van der Waals surface area (Å²) in [6.45, 7) is 2.15. The first-order chi connectivity index (χ1) is 10.1. The van der Waals surface area contributed by atoms with Gasteiger partial charge in [-0.25, -0.2) is 0 Å². The van der Waals surface area contributed by atoms with E-state index in [9.17, 15) is 0 Å². The SMILES string of the molecule is C[N+]1(Cc2ccc(Cl)c(Cl)c2)CCCC1c1cccnc1. The lowest BCUT2D eigenvalue weighted by atomic mass is 10.0. The van der Waals surface area contributed by atoms with Gasteiger partial charge in [-0.2, -0.15) is 0 Å². The lowest BCUT2D eigenvalue weighted by Gasteiger charge is -2.36. The summed E-state index contributed by atoms with van der Waals surface area (Å²) < 4.78 is 1.00. The third-order valence-corrected chi connectivity index (χ3v) is 5.23. The first-order valence-corrected chi connectivity index (χ1v) is 8.02. The molecule has 0 spiro atoms. The molecule has 0 amide bonds. The summed E-state index contributed by atoms with van der Waals surface area (Å²) in [5.41, 5.74) is 2.57. The molecule has 1 aliphatic heterocycles. The van der Waals surface area contributed by atoms with Crippen LogP contribution in [0.25, 0.3) is 0 Å². The standard InChI is InChI=1S/C17H19Cl2N2/c1-21(12-13-6-7-15(18)16(19)10-13)9-3-5-17(21)14-4-2-8-20-11-14/h2,4,6-8,10-11,17H,3,5,9,12H2,1H3/q+1. The fourth-order valence-corrected chi connectivity index (χ4v) is 3.78. The topological polar surface area (TPSA) is 12.9 Å². The van der Waals surface area contributed by atoms with E-state index in [1.54, 1.807) is 0 Å². The Hall–Kier alpha value is -1.09. The van der Waals surface area contributed by atoms with Crippen molar-refractivity contribution in [3.8, 4) is 0 Å². The van der Waals surface area contributed by atoms with Gasteiger partial charge in [0.15, 0.2) is 0 Å². The fraction of sp³-hybridized carbons (Fsp3) is 0.353. The number of aromatic nitrogens is 1. The van der Waals surface area contributed by atoms with E-state index in [1.807, 2.05) is 30.6 Å². The molecular weight excluding hydrogens is 303 g/mol. The molecule has 2 nitrogen and oxygen atoms in total. The van der Waals surface area contributed by atoms with Crippen molar-refractivity contribution in [2.45, 2.75) is 25.4 Å². The Kier molecular flexibility index (Phi) is 4.21. The second-order valence-corrected chi connectivity index (χ2v) is 6.87. The molecule has 21 heavy (non-hydrogen) atoms. The molecule has 1 aliphatic rings. The van der Waals surface area contributed by atoms with Crippen molar-refractivity contribution in [3.63, 3.8) is 0 Å². The predicted molar refractivity (Wildman–Crippen MR) is 87.4 cm³/mol. The van der Waals surface area contributed by atoms with Crippen LogP contribution in [0, 0.1) is 0 Å². The van der Waals surface area contributed by atoms with Gasteiger partial charge in [-0.3, -0.25) is 4.98 Å². The maximum Gasteiger partial charge on any atom is 0.116 e. The van der Waals surface area contributed by atoms with Crippen LogP contribution in [0.2, 0.25) is 10.0 Å². The van der Waals surface area contributed by atoms with Gasteiger partial charge in [-0.1, -0.05) is 35.3 Å². The Balaban J connectivity index is 1.86. The van der Waals surface area contributed by atoms with Gasteiger partial charge in [0.25, 0.3) is 0 Å². The zero-order valence-electron chi connectivity index (χ0n) is 12.1. The molecule has 3 rings (SSSR count). The van der Waals surface area contributed by atoms with Crippen LogP contribution >= 0.6 is 23.2 Å². The first kappa shape index (κ1) is 14.8. The molecule has 2 heterocycles. The number of pyridine rings is 1. The molecule has 0 N–H and O–H groups in total. The van der Waals surface area contributed by atoms with Crippen LogP contribution in [0.15, 0.2) is 42.7 Å². The van der Waals surface area contributed by atoms with Gasteiger partial charge in [-0.05, 0) is 18.2 Å². The number of likely N-dealkylation sites (tertiary alicyclic amines) is 1. The molecule has 1 aromatic carbocycles. The van der Waals surface area contributed by atoms with E-state index < -0.39 is 0 Å². The molecule has 1 saturated heterocycles. The minimum absolute atomic E-state index is 0.508. The third-order valence-electron chi connectivity index (χ3n) is 4.50. The Labute approximate surface area is 135 Å². The number of halogens is 2. The van der Waals surface area contributed by atoms with Crippen LogP contribution in [0.4, 0.5) is 0 Å². The zero-order valence-corrected chi connectivity index (χ0v) is 13.6. The van der Waals surface area contributed by atoms with E-state index in [4.69, 9.17) is 23.2 Å². The van der Waals surface area contributed by atoms with Crippen molar-refractivity contribution >= 4 is 23.2 Å². The molecule has 1 aromatic heterocycles. The zero-order chi connectivity index (χ0) is 14.9. The Morgan fingerprint density at radius 3 is 2.81 bits per heavy atom. The van der Waals surface area contributed by atoms with Crippen LogP contribution in [-0.4, -0.2) is 23.1 Å². The molecule has 2 unspecified atom stereocenters. The summed E-state index contributed by atoms with van der Waals surface area (Å²) in [5.74, 6) is 0. The fourth-order valence-electron chi connectivity index (χ4n) is 3.46. The Bertz CT molecular complexity index is 630. The molecule has 110 valence electrons. The highest BCUT2D eigenvalue weighted by molar-refractivity contribution is 6.42. The van der Waals surface area contributed by atoms with E-state index in [0.717, 1.165) is 11.0 Å². The molecule has 0 bridgehead atoms. The van der Waals surface area contributed by atoms with Gasteiger partial charge in [-0.15, -0.1) is 0 Å². The molecule has 1 fully saturated rings. The summed E-state index contributed by atoms with van der Waals surface area (Å²) in [7, 11) is 2.33. The largest absolute Gasteiger partial charge is 0.316 e. The predicted octanol–water partition coefficient (Wildman–Crippen LogP) is 4.87. The lowest BCUT2D eigenvalue weighted by molar-refractivity contribution is -0.939. The average molecular weight is 322 g/mol. The van der Waals surface area contributed by atoms with E-state index in [0.29, 0.717) is 16.1 Å². The highest BCUT2D eigenvalue weighted by Gasteiger charge is 2.39. The summed E-state index contributed by atoms with van der Waals surface area (Å²) in [6.07, 6.45) is 6.30. The Morgan fingerprint density at radius 1 is 1.24 bits per heavy atom. The normalized spacial score (nSPS) is 25.2. The second kappa shape index (κ2) is 5.96. The molecule has 2 aromatic rings. The number of hydrogen-bond acceptors (Lipinski definition) is 1. The highest BCUT2D eigenvalue weighted by atomic mass is 35.5. The van der Waals surface area contributed by atoms with Crippen molar-refractivity contribution in [2.75, 3.05) is 13.6 Å². The van der Waals surface area contributed by atoms with Crippen LogP contribution in [0.1, 0.15) is 30.0 Å². The molecule has 0 radical (unpaired) electrons. The van der Waals surface area contributed by atoms with Crippen molar-refractivity contribution < 1.29 is 4.48 Å². The van der Waals surface area contributed by atoms with Crippen LogP contribution in [0.3, 0.4) is 0 Å². The monoisotopic (exact) mass is 321 g/mol. The summed E-state index contributed by atoms with van der Waals surface area (Å²) >= 11 is 12.2. The molecule has 2 atom stereocenters. The van der Waals surface area contributed by atoms with E-state index in [2.05, 4.69) is 24.2 Å². The van der Waals surface area contributed by atoms with Crippen LogP contribution < -0.4 is 0 Å². The minimum Gasteiger partial charge on any atom is -0.316 e. The quantitative estimate of drug-likeness (QED) is 0.735. The van der Waals surface area contributed by atoms with Gasteiger partial charge in [0.2, 0.25) is 0 Å². The van der Waals surface area contributed by atoms with Crippen molar-refractivity contribution in [2.24, 2.45) is 0 Å². The third kappa shape index (κ3) is 3.08. The summed E-state index contributed by atoms with van der Waals surface area (Å²) in [4.78, 5) is 4.28. The lowest BCUT2D eigenvalue weighted by Crippen LogP contribution is -2.42. The maximum atomic E-state index is 6.15. The van der Waals surface area contributed by atoms with E-state index in [1.165, 1.54) is 30.5 Å². The second-order valence-electron chi connectivity index (χ2n) is 6.05. The first-order valence-electron chi connectivity index (χ1n) is 7.26. The van der Waals surface area contributed by atoms with Crippen LogP contribution in [-0.2, 0) is 6.54 Å². The molecule has 4 heteroatoms. The number of quaternary nitrogens is 1. The van der Waals surface area contributed by atoms with Gasteiger partial charge < -0.3 is 4.48 Å². The highest BCUT2D eigenvalue weighted by Crippen LogP contribution is 2.39. The van der Waals surface area contributed by atoms with Gasteiger partial charge in [0.05, 0.1) is 23.6 Å². The molecule has 0 aliphatic carbocycles. The van der Waals surface area contributed by atoms with Crippen molar-refractivity contribution in [1.29, 1.82) is 0 Å². The van der Waals surface area contributed by atoms with Crippen molar-refractivity contribution in [1.82, 2.24) is 4.98 Å². The number of nitrogens with zero attached hydrogens (tertiary/aromatic N) is 2. The smallest absolute Gasteiger partial charge is 0.116 e. The molecular formula is C17H19Cl2N2+. The van der Waals surface area contributed by atoms with Gasteiger partial charge in [0, 0.05) is 36.4 Å². The molecule has 0 saturated carbocycles. The number of rotatable bonds is 3. The maximum absolute atomic E-state index is 6.15. The van der Waals surface area contributed by atoms with Crippen LogP contribution in [0.5, 0.6) is 0 Å². The summed E-state index contributed by atoms with van der Waals surface area (Å²) in [5, 5.41) is 1.26. The average Bonchev–Trinajstić information content (AvgIpc) is 2.85. The van der Waals surface area contributed by atoms with E-state index >= 15 is 0 Å². The number of benzene rings is 1. The Morgan fingerprint density at radius 2 is 2.10 bits per heavy atom. The van der Waals surface area contributed by atoms with Crippen molar-refractivity contribution in [3.05, 3.63) is 63.9 Å². The number of hydrogen-bond donors (Lipinski definition) is 0.